The van der Waals surface area contributed by atoms with Gasteiger partial charge in [0.05, 0.1) is 11.6 Å². The highest BCUT2D eigenvalue weighted by molar-refractivity contribution is 5.71. The largest absolute Gasteiger partial charge is 0.489 e. The number of rotatable bonds is 4. The van der Waals surface area contributed by atoms with Gasteiger partial charge in [0.15, 0.2) is 0 Å². The summed E-state index contributed by atoms with van der Waals surface area (Å²) in [4.78, 5) is 0. The molecule has 2 heteroatoms. The van der Waals surface area contributed by atoms with Crippen LogP contribution in [0.2, 0.25) is 0 Å². The van der Waals surface area contributed by atoms with Crippen molar-refractivity contribution < 1.29 is 4.74 Å². The molecule has 0 spiro atoms. The summed E-state index contributed by atoms with van der Waals surface area (Å²) in [6.45, 7) is 2.58. The van der Waals surface area contributed by atoms with Crippen molar-refractivity contribution in [2.45, 2.75) is 13.5 Å². The predicted molar refractivity (Wildman–Crippen MR) is 92.1 cm³/mol. The zero-order valence-electron chi connectivity index (χ0n) is 13.0. The zero-order chi connectivity index (χ0) is 16.1. The Kier molecular flexibility index (Phi) is 4.40. The highest BCUT2D eigenvalue weighted by atomic mass is 16.5. The lowest BCUT2D eigenvalue weighted by Gasteiger charge is -2.09. The second-order valence-corrected chi connectivity index (χ2v) is 5.46. The predicted octanol–water partition coefficient (Wildman–Crippen LogP) is 5.11. The van der Waals surface area contributed by atoms with Crippen LogP contribution in [0.15, 0.2) is 72.8 Å². The first-order valence-electron chi connectivity index (χ1n) is 7.54. The van der Waals surface area contributed by atoms with Gasteiger partial charge in [-0.25, -0.2) is 0 Å². The Morgan fingerprint density at radius 2 is 1.65 bits per heavy atom. The fourth-order valence-electron chi connectivity index (χ4n) is 2.47. The number of benzene rings is 3. The molecule has 0 heterocycles. The van der Waals surface area contributed by atoms with Crippen molar-refractivity contribution in [2.75, 3.05) is 0 Å². The van der Waals surface area contributed by atoms with E-state index in [4.69, 9.17) is 4.74 Å². The maximum Gasteiger partial charge on any atom is 0.119 e. The Morgan fingerprint density at radius 1 is 0.913 bits per heavy atom. The molecule has 0 aliphatic rings. The van der Waals surface area contributed by atoms with Gasteiger partial charge in [-0.2, -0.15) is 5.26 Å². The average Bonchev–Trinajstić information content (AvgIpc) is 2.61. The summed E-state index contributed by atoms with van der Waals surface area (Å²) >= 11 is 0. The van der Waals surface area contributed by atoms with E-state index >= 15 is 0 Å². The minimum Gasteiger partial charge on any atom is -0.489 e. The summed E-state index contributed by atoms with van der Waals surface area (Å²) in [5, 5.41) is 9.26. The first-order chi connectivity index (χ1) is 11.3. The first-order valence-corrected chi connectivity index (χ1v) is 7.54. The minimum absolute atomic E-state index is 0.550. The van der Waals surface area contributed by atoms with E-state index in [1.165, 1.54) is 0 Å². The fraction of sp³-hybridized carbons (Fsp3) is 0.0952. The number of aryl methyl sites for hydroxylation is 1. The van der Waals surface area contributed by atoms with Crippen LogP contribution in [0.25, 0.3) is 11.1 Å². The summed E-state index contributed by atoms with van der Waals surface area (Å²) in [5.74, 6) is 0.823. The van der Waals surface area contributed by atoms with Crippen LogP contribution in [0.4, 0.5) is 0 Å². The van der Waals surface area contributed by atoms with Gasteiger partial charge in [0.1, 0.15) is 12.4 Å². The van der Waals surface area contributed by atoms with E-state index in [-0.39, 0.29) is 0 Å². The Morgan fingerprint density at radius 3 is 2.35 bits per heavy atom. The molecule has 3 aromatic rings. The lowest BCUT2D eigenvalue weighted by Crippen LogP contribution is -1.94. The SMILES string of the molecule is Cc1ccc(C#N)c(-c2ccc(OCc3ccccc3)cc2)c1. The molecule has 112 valence electrons. The van der Waals surface area contributed by atoms with Crippen LogP contribution in [0.3, 0.4) is 0 Å². The third kappa shape index (κ3) is 3.59. The number of ether oxygens (including phenoxy) is 1. The second-order valence-electron chi connectivity index (χ2n) is 5.46. The molecule has 0 bridgehead atoms. The molecule has 0 atom stereocenters. The number of hydrogen-bond donors (Lipinski definition) is 0. The Bertz CT molecular complexity index is 830. The highest BCUT2D eigenvalue weighted by Gasteiger charge is 2.05. The third-order valence-corrected chi connectivity index (χ3v) is 3.71. The maximum atomic E-state index is 9.26. The van der Waals surface area contributed by atoms with Crippen LogP contribution in [0, 0.1) is 18.3 Å². The summed E-state index contributed by atoms with van der Waals surface area (Å²) in [6.07, 6.45) is 0. The quantitative estimate of drug-likeness (QED) is 0.670. The molecular weight excluding hydrogens is 282 g/mol. The molecule has 0 saturated heterocycles. The van der Waals surface area contributed by atoms with Crippen LogP contribution >= 0.6 is 0 Å². The standard InChI is InChI=1S/C21H17NO/c1-16-7-8-19(14-22)21(13-16)18-9-11-20(12-10-18)23-15-17-5-3-2-4-6-17/h2-13H,15H2,1H3. The molecule has 0 aromatic heterocycles. The van der Waals surface area contributed by atoms with Crippen molar-refractivity contribution in [3.8, 4) is 22.9 Å². The molecular formula is C21H17NO. The molecule has 23 heavy (non-hydrogen) atoms. The summed E-state index contributed by atoms with van der Waals surface area (Å²) < 4.78 is 5.80. The van der Waals surface area contributed by atoms with E-state index in [2.05, 4.69) is 6.07 Å². The van der Waals surface area contributed by atoms with Crippen molar-refractivity contribution in [1.82, 2.24) is 0 Å². The normalized spacial score (nSPS) is 10.1. The molecule has 2 nitrogen and oxygen atoms in total. The summed E-state index contributed by atoms with van der Waals surface area (Å²) in [7, 11) is 0. The summed E-state index contributed by atoms with van der Waals surface area (Å²) in [6, 6.07) is 26.1. The van der Waals surface area contributed by atoms with Crippen molar-refractivity contribution in [3.63, 3.8) is 0 Å². The lowest BCUT2D eigenvalue weighted by molar-refractivity contribution is 0.306. The molecule has 0 unspecified atom stereocenters. The lowest BCUT2D eigenvalue weighted by atomic mass is 9.98. The van der Waals surface area contributed by atoms with E-state index in [0.29, 0.717) is 12.2 Å². The fourth-order valence-corrected chi connectivity index (χ4v) is 2.47. The number of nitrogens with zero attached hydrogens (tertiary/aromatic N) is 1. The third-order valence-electron chi connectivity index (χ3n) is 3.71. The van der Waals surface area contributed by atoms with Gasteiger partial charge < -0.3 is 4.74 Å². The molecule has 3 rings (SSSR count). The van der Waals surface area contributed by atoms with E-state index in [9.17, 15) is 5.26 Å². The van der Waals surface area contributed by atoms with Crippen molar-refractivity contribution in [1.29, 1.82) is 5.26 Å². The van der Waals surface area contributed by atoms with E-state index in [0.717, 1.165) is 28.0 Å². The molecule has 0 amide bonds. The van der Waals surface area contributed by atoms with Crippen LogP contribution < -0.4 is 4.74 Å². The molecule has 0 radical (unpaired) electrons. The topological polar surface area (TPSA) is 33.0 Å². The average molecular weight is 299 g/mol. The van der Waals surface area contributed by atoms with Gasteiger partial charge in [-0.3, -0.25) is 0 Å². The molecule has 3 aromatic carbocycles. The molecule has 0 aliphatic heterocycles. The molecule has 0 fully saturated rings. The van der Waals surface area contributed by atoms with Gasteiger partial charge in [-0.1, -0.05) is 60.2 Å². The van der Waals surface area contributed by atoms with Gasteiger partial charge in [0, 0.05) is 0 Å². The van der Waals surface area contributed by atoms with Gasteiger partial charge >= 0.3 is 0 Å². The Labute approximate surface area is 136 Å². The van der Waals surface area contributed by atoms with Crippen molar-refractivity contribution >= 4 is 0 Å². The smallest absolute Gasteiger partial charge is 0.119 e. The van der Waals surface area contributed by atoms with Gasteiger partial charge in [0.2, 0.25) is 0 Å². The maximum absolute atomic E-state index is 9.26. The van der Waals surface area contributed by atoms with E-state index < -0.39 is 0 Å². The monoisotopic (exact) mass is 299 g/mol. The van der Waals surface area contributed by atoms with Crippen molar-refractivity contribution in [2.24, 2.45) is 0 Å². The van der Waals surface area contributed by atoms with Crippen molar-refractivity contribution in [3.05, 3.63) is 89.5 Å². The van der Waals surface area contributed by atoms with Gasteiger partial charge in [0.25, 0.3) is 0 Å². The second kappa shape index (κ2) is 6.81. The Balaban J connectivity index is 1.77. The van der Waals surface area contributed by atoms with Crippen LogP contribution in [-0.2, 0) is 6.61 Å². The van der Waals surface area contributed by atoms with Gasteiger partial charge in [-0.05, 0) is 41.8 Å². The Hall–Kier alpha value is -3.05. The van der Waals surface area contributed by atoms with Crippen LogP contribution in [-0.4, -0.2) is 0 Å². The first kappa shape index (κ1) is 14.9. The summed E-state index contributed by atoms with van der Waals surface area (Å²) in [5.41, 5.74) is 4.96. The highest BCUT2D eigenvalue weighted by Crippen LogP contribution is 2.26. The molecule has 0 saturated carbocycles. The van der Waals surface area contributed by atoms with E-state index in [1.807, 2.05) is 79.7 Å². The van der Waals surface area contributed by atoms with Gasteiger partial charge in [-0.15, -0.1) is 0 Å². The van der Waals surface area contributed by atoms with Crippen LogP contribution in [0.1, 0.15) is 16.7 Å². The zero-order valence-corrected chi connectivity index (χ0v) is 13.0. The minimum atomic E-state index is 0.550. The number of hydrogen-bond acceptors (Lipinski definition) is 2. The van der Waals surface area contributed by atoms with Crippen LogP contribution in [0.5, 0.6) is 5.75 Å². The molecule has 0 N–H and O–H groups in total. The number of nitriles is 1. The molecule has 0 aliphatic carbocycles. The van der Waals surface area contributed by atoms with E-state index in [1.54, 1.807) is 0 Å².